The Kier molecular flexibility index (Phi) is 3.53. The third-order valence-electron chi connectivity index (χ3n) is 2.92. The summed E-state index contributed by atoms with van der Waals surface area (Å²) in [4.78, 5) is 15.8. The fourth-order valence-electron chi connectivity index (χ4n) is 1.84. The quantitative estimate of drug-likeness (QED) is 0.490. The molecule has 1 aliphatic carbocycles. The molecule has 0 fully saturated rings. The lowest BCUT2D eigenvalue weighted by Gasteiger charge is -2.22. The second-order valence-corrected chi connectivity index (χ2v) is 4.33. The fraction of sp³-hybridized carbons (Fsp3) is 0.545. The van der Waals surface area contributed by atoms with E-state index in [9.17, 15) is 4.79 Å². The van der Waals surface area contributed by atoms with Gasteiger partial charge in [-0.25, -0.2) is 4.98 Å². The van der Waals surface area contributed by atoms with Crippen molar-refractivity contribution in [3.05, 3.63) is 24.3 Å². The molecule has 0 atom stereocenters. The van der Waals surface area contributed by atoms with Gasteiger partial charge in [-0.3, -0.25) is 9.89 Å². The maximum absolute atomic E-state index is 11.8. The van der Waals surface area contributed by atoms with E-state index in [1.54, 1.807) is 0 Å². The summed E-state index contributed by atoms with van der Waals surface area (Å²) in [7, 11) is 0. The van der Waals surface area contributed by atoms with Gasteiger partial charge in [-0.1, -0.05) is 12.2 Å². The number of carbonyl (C=O) groups is 1. The number of rotatable bonds is 5. The zero-order chi connectivity index (χ0) is 12.1. The normalized spacial score (nSPS) is 17.2. The van der Waals surface area contributed by atoms with Crippen LogP contribution in [-0.4, -0.2) is 33.2 Å². The molecule has 0 saturated heterocycles. The number of amides is 1. The monoisotopic (exact) mass is 235 g/mol. The summed E-state index contributed by atoms with van der Waals surface area (Å²) in [6.07, 6.45) is 8.23. The van der Waals surface area contributed by atoms with Crippen molar-refractivity contribution < 1.29 is 4.79 Å². The summed E-state index contributed by atoms with van der Waals surface area (Å²) in [5.41, 5.74) is 5.25. The molecule has 0 spiro atoms. The van der Waals surface area contributed by atoms with Gasteiger partial charge in [0, 0.05) is 13.0 Å². The number of nitrogens with zero attached hydrogens (tertiary/aromatic N) is 2. The van der Waals surface area contributed by atoms with E-state index in [2.05, 4.69) is 20.5 Å². The van der Waals surface area contributed by atoms with Crippen LogP contribution in [0.5, 0.6) is 0 Å². The Hall–Kier alpha value is -1.69. The minimum atomic E-state index is -0.730. The highest BCUT2D eigenvalue weighted by atomic mass is 16.2. The van der Waals surface area contributed by atoms with Gasteiger partial charge in [0.25, 0.3) is 0 Å². The molecule has 2 rings (SSSR count). The van der Waals surface area contributed by atoms with Gasteiger partial charge in [-0.15, -0.1) is 0 Å². The smallest absolute Gasteiger partial charge is 0.240 e. The molecule has 92 valence electrons. The summed E-state index contributed by atoms with van der Waals surface area (Å²) < 4.78 is 0. The predicted molar refractivity (Wildman–Crippen MR) is 63.0 cm³/mol. The lowest BCUT2D eigenvalue weighted by molar-refractivity contribution is -0.125. The van der Waals surface area contributed by atoms with Crippen LogP contribution in [0.3, 0.4) is 0 Å². The molecule has 0 radical (unpaired) electrons. The van der Waals surface area contributed by atoms with Crippen molar-refractivity contribution in [1.29, 1.82) is 0 Å². The molecule has 0 saturated carbocycles. The average molecular weight is 235 g/mol. The molecule has 1 aromatic heterocycles. The molecular formula is C11H17N5O. The van der Waals surface area contributed by atoms with Crippen molar-refractivity contribution in [2.75, 3.05) is 6.54 Å². The maximum Gasteiger partial charge on any atom is 0.240 e. The SMILES string of the molecule is NC1(C(=O)NCCCc2ncn[nH]2)CC=CC1. The van der Waals surface area contributed by atoms with E-state index >= 15 is 0 Å². The number of hydrogen-bond donors (Lipinski definition) is 3. The molecule has 17 heavy (non-hydrogen) atoms. The van der Waals surface area contributed by atoms with Crippen LogP contribution in [0.15, 0.2) is 18.5 Å². The highest BCUT2D eigenvalue weighted by molar-refractivity contribution is 5.87. The van der Waals surface area contributed by atoms with E-state index in [-0.39, 0.29) is 5.91 Å². The van der Waals surface area contributed by atoms with Crippen LogP contribution in [0.2, 0.25) is 0 Å². The Balaban J connectivity index is 1.67. The van der Waals surface area contributed by atoms with Crippen molar-refractivity contribution in [2.24, 2.45) is 5.73 Å². The number of aryl methyl sites for hydroxylation is 1. The van der Waals surface area contributed by atoms with Gasteiger partial charge in [0.1, 0.15) is 17.7 Å². The molecule has 1 aliphatic rings. The minimum absolute atomic E-state index is 0.0694. The number of aromatic nitrogens is 3. The van der Waals surface area contributed by atoms with E-state index in [0.29, 0.717) is 19.4 Å². The molecule has 6 nitrogen and oxygen atoms in total. The van der Waals surface area contributed by atoms with Crippen LogP contribution in [0.25, 0.3) is 0 Å². The largest absolute Gasteiger partial charge is 0.354 e. The fourth-order valence-corrected chi connectivity index (χ4v) is 1.84. The average Bonchev–Trinajstić information content (AvgIpc) is 2.96. The highest BCUT2D eigenvalue weighted by Crippen LogP contribution is 2.20. The van der Waals surface area contributed by atoms with Crippen molar-refractivity contribution in [2.45, 2.75) is 31.2 Å². The number of nitrogens with one attached hydrogen (secondary N) is 2. The van der Waals surface area contributed by atoms with Crippen molar-refractivity contribution in [3.8, 4) is 0 Å². The first-order valence-electron chi connectivity index (χ1n) is 5.77. The van der Waals surface area contributed by atoms with Gasteiger partial charge in [0.15, 0.2) is 0 Å². The molecule has 0 aliphatic heterocycles. The van der Waals surface area contributed by atoms with Crippen LogP contribution in [-0.2, 0) is 11.2 Å². The molecule has 1 heterocycles. The van der Waals surface area contributed by atoms with Gasteiger partial charge in [-0.05, 0) is 19.3 Å². The van der Waals surface area contributed by atoms with Crippen LogP contribution in [0.1, 0.15) is 25.1 Å². The van der Waals surface area contributed by atoms with Crippen molar-refractivity contribution in [1.82, 2.24) is 20.5 Å². The first-order chi connectivity index (χ1) is 8.21. The molecular weight excluding hydrogens is 218 g/mol. The third kappa shape index (κ3) is 2.91. The Morgan fingerprint density at radius 1 is 1.53 bits per heavy atom. The number of nitrogens with two attached hydrogens (primary N) is 1. The maximum atomic E-state index is 11.8. The van der Waals surface area contributed by atoms with Gasteiger partial charge >= 0.3 is 0 Å². The van der Waals surface area contributed by atoms with Gasteiger partial charge in [0.05, 0.1) is 0 Å². The summed E-state index contributed by atoms with van der Waals surface area (Å²) in [6.45, 7) is 0.610. The van der Waals surface area contributed by atoms with E-state index < -0.39 is 5.54 Å². The Morgan fingerprint density at radius 2 is 2.29 bits per heavy atom. The number of aromatic amines is 1. The summed E-state index contributed by atoms with van der Waals surface area (Å²) >= 11 is 0. The highest BCUT2D eigenvalue weighted by Gasteiger charge is 2.33. The van der Waals surface area contributed by atoms with E-state index in [4.69, 9.17) is 5.73 Å². The zero-order valence-corrected chi connectivity index (χ0v) is 9.65. The molecule has 1 aromatic rings. The van der Waals surface area contributed by atoms with Gasteiger partial charge < -0.3 is 11.1 Å². The summed E-state index contributed by atoms with van der Waals surface area (Å²) in [5.74, 6) is 0.768. The van der Waals surface area contributed by atoms with Gasteiger partial charge in [0.2, 0.25) is 5.91 Å². The van der Waals surface area contributed by atoms with E-state index in [1.807, 2.05) is 12.2 Å². The lowest BCUT2D eigenvalue weighted by Crippen LogP contribution is -2.52. The molecule has 0 aromatic carbocycles. The van der Waals surface area contributed by atoms with Crippen LogP contribution in [0.4, 0.5) is 0 Å². The Labute approximate surface area is 99.7 Å². The summed E-state index contributed by atoms with van der Waals surface area (Å²) in [6, 6.07) is 0. The lowest BCUT2D eigenvalue weighted by atomic mass is 9.97. The third-order valence-corrected chi connectivity index (χ3v) is 2.92. The summed E-state index contributed by atoms with van der Waals surface area (Å²) in [5, 5.41) is 9.40. The molecule has 4 N–H and O–H groups in total. The zero-order valence-electron chi connectivity index (χ0n) is 9.65. The topological polar surface area (TPSA) is 96.7 Å². The first-order valence-corrected chi connectivity index (χ1v) is 5.77. The van der Waals surface area contributed by atoms with E-state index in [0.717, 1.165) is 18.7 Å². The number of hydrogen-bond acceptors (Lipinski definition) is 4. The predicted octanol–water partition coefficient (Wildman–Crippen LogP) is -0.0990. The molecule has 1 amide bonds. The Bertz CT molecular complexity index is 390. The molecule has 0 unspecified atom stereocenters. The standard InChI is InChI=1S/C11H17N5O/c12-11(5-1-2-6-11)10(17)13-7-3-4-9-14-8-15-16-9/h1-2,8H,3-7,12H2,(H,13,17)(H,14,15,16). The van der Waals surface area contributed by atoms with Crippen LogP contribution < -0.4 is 11.1 Å². The number of carbonyl (C=O) groups excluding carboxylic acids is 1. The minimum Gasteiger partial charge on any atom is -0.354 e. The molecule has 0 bridgehead atoms. The Morgan fingerprint density at radius 3 is 2.94 bits per heavy atom. The number of H-pyrrole nitrogens is 1. The van der Waals surface area contributed by atoms with Crippen LogP contribution in [0, 0.1) is 0 Å². The molecule has 6 heteroatoms. The van der Waals surface area contributed by atoms with Crippen molar-refractivity contribution >= 4 is 5.91 Å². The van der Waals surface area contributed by atoms with Crippen LogP contribution >= 0.6 is 0 Å². The first kappa shape index (κ1) is 11.8. The van der Waals surface area contributed by atoms with Gasteiger partial charge in [-0.2, -0.15) is 5.10 Å². The second-order valence-electron chi connectivity index (χ2n) is 4.33. The van der Waals surface area contributed by atoms with E-state index in [1.165, 1.54) is 6.33 Å². The second kappa shape index (κ2) is 5.09. The van der Waals surface area contributed by atoms with Crippen molar-refractivity contribution in [3.63, 3.8) is 0 Å².